The molecular weight excluding hydrogens is 298 g/mol. The van der Waals surface area contributed by atoms with Crippen molar-refractivity contribution in [3.05, 3.63) is 48.7 Å². The van der Waals surface area contributed by atoms with E-state index >= 15 is 0 Å². The second-order valence-corrected chi connectivity index (χ2v) is 4.75. The van der Waals surface area contributed by atoms with Gasteiger partial charge >= 0.3 is 0 Å². The van der Waals surface area contributed by atoms with E-state index in [4.69, 9.17) is 15.2 Å². The molecule has 0 radical (unpaired) electrons. The Labute approximate surface area is 133 Å². The summed E-state index contributed by atoms with van der Waals surface area (Å²) >= 11 is 0. The van der Waals surface area contributed by atoms with Crippen molar-refractivity contribution in [3.8, 4) is 17.4 Å². The summed E-state index contributed by atoms with van der Waals surface area (Å²) in [4.78, 5) is 27.8. The van der Waals surface area contributed by atoms with Gasteiger partial charge in [0, 0.05) is 25.4 Å². The molecule has 1 heterocycles. The first-order chi connectivity index (χ1) is 11.0. The lowest BCUT2D eigenvalue weighted by atomic mass is 10.3. The first-order valence-corrected chi connectivity index (χ1v) is 6.88. The Balaban J connectivity index is 1.92. The Kier molecular flexibility index (Phi) is 5.51. The van der Waals surface area contributed by atoms with Crippen molar-refractivity contribution in [1.29, 1.82) is 0 Å². The molecule has 0 aliphatic heterocycles. The topological polar surface area (TPSA) is 94.8 Å². The standard InChI is InChI=1S/C16H17N3O4/c1-19(10-14(17)20)16(21)11-22-12-5-4-6-13(9-12)23-15-7-2-3-8-18-15/h2-9H,10-11H2,1H3,(H2,17,20). The number of benzene rings is 1. The zero-order valence-corrected chi connectivity index (χ0v) is 12.6. The molecule has 1 aromatic carbocycles. The number of ether oxygens (including phenoxy) is 2. The van der Waals surface area contributed by atoms with Crippen molar-refractivity contribution in [3.63, 3.8) is 0 Å². The molecule has 0 saturated heterocycles. The molecule has 7 nitrogen and oxygen atoms in total. The van der Waals surface area contributed by atoms with Gasteiger partial charge in [-0.05, 0) is 18.2 Å². The molecule has 2 rings (SSSR count). The first kappa shape index (κ1) is 16.3. The molecule has 1 aromatic heterocycles. The van der Waals surface area contributed by atoms with E-state index in [0.29, 0.717) is 17.4 Å². The summed E-state index contributed by atoms with van der Waals surface area (Å²) in [6.45, 7) is -0.345. The molecular formula is C16H17N3O4. The van der Waals surface area contributed by atoms with E-state index in [-0.39, 0.29) is 19.1 Å². The van der Waals surface area contributed by atoms with Crippen LogP contribution in [0.1, 0.15) is 0 Å². The molecule has 0 aliphatic rings. The minimum Gasteiger partial charge on any atom is -0.484 e. The number of pyridine rings is 1. The molecule has 120 valence electrons. The van der Waals surface area contributed by atoms with Crippen LogP contribution in [0.2, 0.25) is 0 Å². The highest BCUT2D eigenvalue weighted by Gasteiger charge is 2.12. The molecule has 7 heteroatoms. The predicted octanol–water partition coefficient (Wildman–Crippen LogP) is 1.20. The van der Waals surface area contributed by atoms with Crippen molar-refractivity contribution < 1.29 is 19.1 Å². The van der Waals surface area contributed by atoms with Crippen molar-refractivity contribution in [2.24, 2.45) is 5.73 Å². The molecule has 2 aromatic rings. The number of amides is 2. The van der Waals surface area contributed by atoms with Crippen molar-refractivity contribution >= 4 is 11.8 Å². The van der Waals surface area contributed by atoms with Crippen LogP contribution in [0, 0.1) is 0 Å². The number of nitrogens with two attached hydrogens (primary N) is 1. The smallest absolute Gasteiger partial charge is 0.260 e. The molecule has 0 fully saturated rings. The highest BCUT2D eigenvalue weighted by molar-refractivity contribution is 5.84. The average molecular weight is 315 g/mol. The second-order valence-electron chi connectivity index (χ2n) is 4.75. The third-order valence-electron chi connectivity index (χ3n) is 2.85. The van der Waals surface area contributed by atoms with Gasteiger partial charge in [0.2, 0.25) is 11.8 Å². The Bertz CT molecular complexity index is 676. The van der Waals surface area contributed by atoms with Gasteiger partial charge in [0.05, 0.1) is 6.54 Å². The van der Waals surface area contributed by atoms with Crippen LogP contribution < -0.4 is 15.2 Å². The molecule has 0 atom stereocenters. The molecule has 0 saturated carbocycles. The highest BCUT2D eigenvalue weighted by atomic mass is 16.5. The highest BCUT2D eigenvalue weighted by Crippen LogP contribution is 2.23. The number of carbonyl (C=O) groups is 2. The van der Waals surface area contributed by atoms with E-state index in [1.54, 1.807) is 42.6 Å². The van der Waals surface area contributed by atoms with Gasteiger partial charge in [0.1, 0.15) is 11.5 Å². The van der Waals surface area contributed by atoms with E-state index in [0.717, 1.165) is 0 Å². The summed E-state index contributed by atoms with van der Waals surface area (Å²) in [6, 6.07) is 12.2. The lowest BCUT2D eigenvalue weighted by Gasteiger charge is -2.15. The van der Waals surface area contributed by atoms with Gasteiger partial charge in [-0.25, -0.2) is 4.98 Å². The van der Waals surface area contributed by atoms with Gasteiger partial charge < -0.3 is 20.1 Å². The minimum atomic E-state index is -0.577. The first-order valence-electron chi connectivity index (χ1n) is 6.88. The fraction of sp³-hybridized carbons (Fsp3) is 0.188. The summed E-state index contributed by atoms with van der Waals surface area (Å²) in [7, 11) is 1.48. The van der Waals surface area contributed by atoms with Crippen molar-refractivity contribution in [2.75, 3.05) is 20.2 Å². The number of aromatic nitrogens is 1. The fourth-order valence-corrected chi connectivity index (χ4v) is 1.73. The lowest BCUT2D eigenvalue weighted by molar-refractivity contribution is -0.135. The third-order valence-corrected chi connectivity index (χ3v) is 2.85. The fourth-order valence-electron chi connectivity index (χ4n) is 1.73. The summed E-state index contributed by atoms with van der Waals surface area (Å²) in [5.74, 6) is 0.548. The number of likely N-dealkylation sites (N-methyl/N-ethyl adjacent to an activating group) is 1. The van der Waals surface area contributed by atoms with Crippen LogP contribution in [0.5, 0.6) is 17.4 Å². The molecule has 2 amide bonds. The predicted molar refractivity (Wildman–Crippen MR) is 83.1 cm³/mol. The molecule has 0 bridgehead atoms. The maximum atomic E-state index is 11.8. The zero-order valence-electron chi connectivity index (χ0n) is 12.6. The SMILES string of the molecule is CN(CC(N)=O)C(=O)COc1cccc(Oc2ccccn2)c1. The van der Waals surface area contributed by atoms with Crippen LogP contribution in [0.25, 0.3) is 0 Å². The number of primary amides is 1. The summed E-state index contributed by atoms with van der Waals surface area (Å²) in [6.07, 6.45) is 1.63. The minimum absolute atomic E-state index is 0.148. The monoisotopic (exact) mass is 315 g/mol. The van der Waals surface area contributed by atoms with Crippen LogP contribution in [-0.4, -0.2) is 41.9 Å². The van der Waals surface area contributed by atoms with Crippen molar-refractivity contribution in [1.82, 2.24) is 9.88 Å². The summed E-state index contributed by atoms with van der Waals surface area (Å²) in [5.41, 5.74) is 5.04. The third kappa shape index (κ3) is 5.31. The van der Waals surface area contributed by atoms with Gasteiger partial charge in [-0.1, -0.05) is 12.1 Å². The quantitative estimate of drug-likeness (QED) is 0.828. The van der Waals surface area contributed by atoms with Crippen LogP contribution in [0.15, 0.2) is 48.7 Å². The van der Waals surface area contributed by atoms with Gasteiger partial charge in [-0.2, -0.15) is 0 Å². The number of rotatable bonds is 7. The van der Waals surface area contributed by atoms with E-state index in [9.17, 15) is 9.59 Å². The van der Waals surface area contributed by atoms with Gasteiger partial charge in [-0.15, -0.1) is 0 Å². The second kappa shape index (κ2) is 7.79. The van der Waals surface area contributed by atoms with Gasteiger partial charge in [0.15, 0.2) is 6.61 Å². The Morgan fingerprint density at radius 1 is 1.17 bits per heavy atom. The number of carbonyl (C=O) groups excluding carboxylic acids is 2. The van der Waals surface area contributed by atoms with Gasteiger partial charge in [0.25, 0.3) is 5.91 Å². The van der Waals surface area contributed by atoms with Crippen LogP contribution in [0.3, 0.4) is 0 Å². The molecule has 0 spiro atoms. The van der Waals surface area contributed by atoms with Crippen LogP contribution in [0.4, 0.5) is 0 Å². The number of nitrogens with zero attached hydrogens (tertiary/aromatic N) is 2. The molecule has 23 heavy (non-hydrogen) atoms. The Morgan fingerprint density at radius 3 is 2.65 bits per heavy atom. The maximum Gasteiger partial charge on any atom is 0.260 e. The Hall–Kier alpha value is -3.09. The molecule has 0 aliphatic carbocycles. The normalized spacial score (nSPS) is 9.96. The van der Waals surface area contributed by atoms with Gasteiger partial charge in [-0.3, -0.25) is 9.59 Å². The number of hydrogen-bond donors (Lipinski definition) is 1. The lowest BCUT2D eigenvalue weighted by Crippen LogP contribution is -2.38. The van der Waals surface area contributed by atoms with E-state index in [1.165, 1.54) is 11.9 Å². The molecule has 0 unspecified atom stereocenters. The van der Waals surface area contributed by atoms with Crippen LogP contribution in [-0.2, 0) is 9.59 Å². The number of hydrogen-bond acceptors (Lipinski definition) is 5. The summed E-state index contributed by atoms with van der Waals surface area (Å²) in [5, 5.41) is 0. The zero-order chi connectivity index (χ0) is 16.7. The maximum absolute atomic E-state index is 11.8. The van der Waals surface area contributed by atoms with E-state index in [1.807, 2.05) is 6.07 Å². The Morgan fingerprint density at radius 2 is 1.96 bits per heavy atom. The van der Waals surface area contributed by atoms with Crippen molar-refractivity contribution in [2.45, 2.75) is 0 Å². The largest absolute Gasteiger partial charge is 0.484 e. The van der Waals surface area contributed by atoms with E-state index < -0.39 is 5.91 Å². The van der Waals surface area contributed by atoms with E-state index in [2.05, 4.69) is 4.98 Å². The molecule has 2 N–H and O–H groups in total. The summed E-state index contributed by atoms with van der Waals surface area (Å²) < 4.78 is 11.0. The van der Waals surface area contributed by atoms with Crippen LogP contribution >= 0.6 is 0 Å². The average Bonchev–Trinajstić information content (AvgIpc) is 2.53.